The number of hydrogen-bond acceptors (Lipinski definition) is 5. The Hall–Kier alpha value is -3.10. The van der Waals surface area contributed by atoms with Crippen molar-refractivity contribution in [3.8, 4) is 11.5 Å². The molecule has 0 unspecified atom stereocenters. The van der Waals surface area contributed by atoms with Gasteiger partial charge in [-0.1, -0.05) is 12.1 Å². The van der Waals surface area contributed by atoms with Crippen molar-refractivity contribution in [3.05, 3.63) is 72.0 Å². The second-order valence-corrected chi connectivity index (χ2v) is 7.54. The van der Waals surface area contributed by atoms with E-state index in [4.69, 9.17) is 9.15 Å². The third kappa shape index (κ3) is 4.55. The molecule has 8 heteroatoms. The van der Waals surface area contributed by atoms with Gasteiger partial charge in [0.25, 0.3) is 15.9 Å². The molecule has 0 aliphatic heterocycles. The fraction of sp³-hybridized carbons (Fsp3) is 0.105. The van der Waals surface area contributed by atoms with E-state index in [9.17, 15) is 13.2 Å². The average molecular weight is 386 g/mol. The Kier molecular flexibility index (Phi) is 5.29. The van der Waals surface area contributed by atoms with Crippen LogP contribution in [0.25, 0.3) is 0 Å². The first kappa shape index (κ1) is 18.7. The zero-order valence-corrected chi connectivity index (χ0v) is 15.5. The van der Waals surface area contributed by atoms with Gasteiger partial charge in [0.15, 0.2) is 5.76 Å². The molecule has 140 valence electrons. The minimum absolute atomic E-state index is 0.107. The Morgan fingerprint density at radius 2 is 1.74 bits per heavy atom. The molecule has 3 aromatic rings. The van der Waals surface area contributed by atoms with Crippen LogP contribution in [0, 0.1) is 6.92 Å². The molecule has 0 spiro atoms. The molecule has 7 nitrogen and oxygen atoms in total. The molecular weight excluding hydrogens is 368 g/mol. The minimum atomic E-state index is -3.74. The molecule has 1 aromatic heterocycles. The van der Waals surface area contributed by atoms with Gasteiger partial charge in [-0.3, -0.25) is 4.79 Å². The average Bonchev–Trinajstić information content (AvgIpc) is 3.15. The highest BCUT2D eigenvalue weighted by molar-refractivity contribution is 7.89. The number of sulfonamides is 1. The van der Waals surface area contributed by atoms with Gasteiger partial charge in [-0.05, 0) is 68.1 Å². The highest BCUT2D eigenvalue weighted by atomic mass is 32.2. The smallest absolute Gasteiger partial charge is 0.291 e. The Morgan fingerprint density at radius 3 is 2.41 bits per heavy atom. The van der Waals surface area contributed by atoms with E-state index in [-0.39, 0.29) is 10.9 Å². The zero-order valence-electron chi connectivity index (χ0n) is 14.7. The van der Waals surface area contributed by atoms with E-state index in [1.165, 1.54) is 19.2 Å². The highest BCUT2D eigenvalue weighted by Gasteiger charge is 2.19. The van der Waals surface area contributed by atoms with Crippen LogP contribution in [-0.2, 0) is 10.0 Å². The number of amides is 1. The summed E-state index contributed by atoms with van der Waals surface area (Å²) in [6.07, 6.45) is 0. The Balaban J connectivity index is 1.67. The van der Waals surface area contributed by atoms with E-state index in [0.717, 1.165) is 11.3 Å². The molecule has 1 heterocycles. The topological polar surface area (TPSA) is 97.6 Å². The van der Waals surface area contributed by atoms with Gasteiger partial charge in [0.05, 0.1) is 0 Å². The van der Waals surface area contributed by atoms with Crippen LogP contribution in [0.2, 0.25) is 0 Å². The molecule has 0 aliphatic rings. The van der Waals surface area contributed by atoms with Gasteiger partial charge in [0.2, 0.25) is 5.09 Å². The van der Waals surface area contributed by atoms with Gasteiger partial charge in [-0.25, -0.2) is 13.1 Å². The number of ether oxygens (including phenoxy) is 1. The van der Waals surface area contributed by atoms with Crippen molar-refractivity contribution in [3.63, 3.8) is 0 Å². The standard InChI is InChI=1S/C19H18N2O5S/c1-13-4-3-5-16(12-13)25-15-8-6-14(7-9-15)21-19(22)17-10-11-18(26-17)27(23,24)20-2/h3-12,20H,1-2H3,(H,21,22). The van der Waals surface area contributed by atoms with Crippen molar-refractivity contribution in [1.29, 1.82) is 0 Å². The summed E-state index contributed by atoms with van der Waals surface area (Å²) in [7, 11) is -2.47. The highest BCUT2D eigenvalue weighted by Crippen LogP contribution is 2.24. The number of carbonyl (C=O) groups is 1. The molecule has 0 fully saturated rings. The summed E-state index contributed by atoms with van der Waals surface area (Å²) in [6.45, 7) is 1.98. The van der Waals surface area contributed by atoms with E-state index in [2.05, 4.69) is 10.0 Å². The molecule has 0 radical (unpaired) electrons. The quantitative estimate of drug-likeness (QED) is 0.675. The molecule has 27 heavy (non-hydrogen) atoms. The lowest BCUT2D eigenvalue weighted by Gasteiger charge is -2.08. The van der Waals surface area contributed by atoms with Gasteiger partial charge in [-0.15, -0.1) is 0 Å². The third-order valence-corrected chi connectivity index (χ3v) is 4.96. The van der Waals surface area contributed by atoms with Gasteiger partial charge >= 0.3 is 0 Å². The fourth-order valence-corrected chi connectivity index (χ4v) is 2.95. The largest absolute Gasteiger partial charge is 0.457 e. The molecule has 3 rings (SSSR count). The lowest BCUT2D eigenvalue weighted by molar-refractivity contribution is 0.0991. The zero-order chi connectivity index (χ0) is 19.4. The molecule has 0 saturated heterocycles. The first-order valence-corrected chi connectivity index (χ1v) is 9.55. The predicted octanol–water partition coefficient (Wildman–Crippen LogP) is 3.54. The number of anilines is 1. The van der Waals surface area contributed by atoms with Gasteiger partial charge < -0.3 is 14.5 Å². The van der Waals surface area contributed by atoms with Crippen molar-refractivity contribution in [2.24, 2.45) is 0 Å². The van der Waals surface area contributed by atoms with Crippen LogP contribution in [-0.4, -0.2) is 21.4 Å². The van der Waals surface area contributed by atoms with Gasteiger partial charge in [-0.2, -0.15) is 0 Å². The van der Waals surface area contributed by atoms with Gasteiger partial charge in [0.1, 0.15) is 11.5 Å². The van der Waals surface area contributed by atoms with E-state index >= 15 is 0 Å². The molecule has 2 aromatic carbocycles. The molecule has 0 bridgehead atoms. The van der Waals surface area contributed by atoms with Crippen molar-refractivity contribution >= 4 is 21.6 Å². The van der Waals surface area contributed by atoms with Crippen LogP contribution < -0.4 is 14.8 Å². The minimum Gasteiger partial charge on any atom is -0.457 e. The van der Waals surface area contributed by atoms with Crippen molar-refractivity contribution < 1.29 is 22.4 Å². The molecule has 0 saturated carbocycles. The lowest BCUT2D eigenvalue weighted by Crippen LogP contribution is -2.18. The number of rotatable bonds is 6. The van der Waals surface area contributed by atoms with Crippen molar-refractivity contribution in [2.75, 3.05) is 12.4 Å². The molecule has 2 N–H and O–H groups in total. The van der Waals surface area contributed by atoms with E-state index in [0.29, 0.717) is 11.4 Å². The van der Waals surface area contributed by atoms with Gasteiger partial charge in [0, 0.05) is 5.69 Å². The number of nitrogens with one attached hydrogen (secondary N) is 2. The summed E-state index contributed by atoms with van der Waals surface area (Å²) in [5.74, 6) is 0.684. The summed E-state index contributed by atoms with van der Waals surface area (Å²) in [5, 5.41) is 2.32. The van der Waals surface area contributed by atoms with Crippen LogP contribution in [0.15, 0.2) is 70.2 Å². The molecule has 1 amide bonds. The van der Waals surface area contributed by atoms with Crippen molar-refractivity contribution in [1.82, 2.24) is 4.72 Å². The second kappa shape index (κ2) is 7.65. The SMILES string of the molecule is CNS(=O)(=O)c1ccc(C(=O)Nc2ccc(Oc3cccc(C)c3)cc2)o1. The molecule has 0 aliphatic carbocycles. The summed E-state index contributed by atoms with van der Waals surface area (Å²) in [5.41, 5.74) is 1.61. The monoisotopic (exact) mass is 386 g/mol. The lowest BCUT2D eigenvalue weighted by atomic mass is 10.2. The number of hydrogen-bond donors (Lipinski definition) is 2. The predicted molar refractivity (Wildman–Crippen MR) is 101 cm³/mol. The van der Waals surface area contributed by atoms with E-state index in [1.54, 1.807) is 24.3 Å². The maximum Gasteiger partial charge on any atom is 0.291 e. The maximum absolute atomic E-state index is 12.2. The Labute approximate surface area is 157 Å². The van der Waals surface area contributed by atoms with Crippen LogP contribution in [0.4, 0.5) is 5.69 Å². The number of aryl methyl sites for hydroxylation is 1. The Bertz CT molecular complexity index is 1060. The summed E-state index contributed by atoms with van der Waals surface area (Å²) in [4.78, 5) is 12.2. The first-order valence-electron chi connectivity index (χ1n) is 8.07. The first-order chi connectivity index (χ1) is 12.9. The summed E-state index contributed by atoms with van der Waals surface area (Å²) < 4.78 is 36.3. The normalized spacial score (nSPS) is 11.2. The number of furan rings is 1. The fourth-order valence-electron chi connectivity index (χ4n) is 2.30. The summed E-state index contributed by atoms with van der Waals surface area (Å²) in [6, 6.07) is 17.0. The second-order valence-electron chi connectivity index (χ2n) is 5.72. The Morgan fingerprint density at radius 1 is 1.00 bits per heavy atom. The van der Waals surface area contributed by atoms with E-state index in [1.807, 2.05) is 31.2 Å². The van der Waals surface area contributed by atoms with Crippen LogP contribution in [0.1, 0.15) is 16.1 Å². The maximum atomic E-state index is 12.2. The van der Waals surface area contributed by atoms with Crippen LogP contribution in [0.3, 0.4) is 0 Å². The van der Waals surface area contributed by atoms with E-state index < -0.39 is 15.9 Å². The number of carbonyl (C=O) groups excluding carboxylic acids is 1. The van der Waals surface area contributed by atoms with Crippen molar-refractivity contribution in [2.45, 2.75) is 12.0 Å². The number of benzene rings is 2. The van der Waals surface area contributed by atoms with Crippen LogP contribution >= 0.6 is 0 Å². The molecule has 0 atom stereocenters. The molecular formula is C19H18N2O5S. The summed E-state index contributed by atoms with van der Waals surface area (Å²) >= 11 is 0. The van der Waals surface area contributed by atoms with Crippen LogP contribution in [0.5, 0.6) is 11.5 Å². The third-order valence-electron chi connectivity index (χ3n) is 3.68.